The zero-order valence-electron chi connectivity index (χ0n) is 11.6. The van der Waals surface area contributed by atoms with Gasteiger partial charge >= 0.3 is 11.9 Å². The van der Waals surface area contributed by atoms with Gasteiger partial charge in [0.2, 0.25) is 0 Å². The number of carbonyl (C=O) groups excluding carboxylic acids is 1. The molecular weight excluding hydrogens is 260 g/mol. The lowest BCUT2D eigenvalue weighted by Crippen LogP contribution is -2.43. The molecule has 2 unspecified atom stereocenters. The summed E-state index contributed by atoms with van der Waals surface area (Å²) in [5, 5.41) is 9.09. The Morgan fingerprint density at radius 1 is 1.50 bits per heavy atom. The Labute approximate surface area is 117 Å². The summed E-state index contributed by atoms with van der Waals surface area (Å²) in [6.07, 6.45) is 2.72. The molecule has 0 radical (unpaired) electrons. The SMILES string of the molecule is COC(=O)c1cccnc1N1CCC(C(=O)O)CC1C. The topological polar surface area (TPSA) is 79.7 Å². The van der Waals surface area contributed by atoms with Gasteiger partial charge in [-0.2, -0.15) is 0 Å². The van der Waals surface area contributed by atoms with E-state index in [-0.39, 0.29) is 12.0 Å². The van der Waals surface area contributed by atoms with Gasteiger partial charge in [-0.15, -0.1) is 0 Å². The third-order valence-corrected chi connectivity index (χ3v) is 3.69. The molecule has 108 valence electrons. The third-order valence-electron chi connectivity index (χ3n) is 3.69. The highest BCUT2D eigenvalue weighted by Crippen LogP contribution is 2.29. The quantitative estimate of drug-likeness (QED) is 0.845. The number of aliphatic carboxylic acids is 1. The van der Waals surface area contributed by atoms with Gasteiger partial charge in [0.25, 0.3) is 0 Å². The number of carboxylic acids is 1. The highest BCUT2D eigenvalue weighted by atomic mass is 16.5. The van der Waals surface area contributed by atoms with Crippen LogP contribution in [0.1, 0.15) is 30.1 Å². The predicted octanol–water partition coefficient (Wildman–Crippen LogP) is 1.56. The molecule has 1 saturated heterocycles. The van der Waals surface area contributed by atoms with E-state index in [0.29, 0.717) is 30.8 Å². The van der Waals surface area contributed by atoms with Crippen molar-refractivity contribution in [3.63, 3.8) is 0 Å². The van der Waals surface area contributed by atoms with Crippen LogP contribution in [0.5, 0.6) is 0 Å². The number of carboxylic acid groups (broad SMARTS) is 1. The number of nitrogens with zero attached hydrogens (tertiary/aromatic N) is 2. The summed E-state index contributed by atoms with van der Waals surface area (Å²) >= 11 is 0. The van der Waals surface area contributed by atoms with Gasteiger partial charge in [-0.05, 0) is 31.9 Å². The normalized spacial score (nSPS) is 22.4. The van der Waals surface area contributed by atoms with Gasteiger partial charge in [-0.25, -0.2) is 9.78 Å². The van der Waals surface area contributed by atoms with Gasteiger partial charge < -0.3 is 14.7 Å². The number of pyridine rings is 1. The first-order chi connectivity index (χ1) is 9.54. The van der Waals surface area contributed by atoms with Crippen LogP contribution in [0.3, 0.4) is 0 Å². The number of carbonyl (C=O) groups is 2. The van der Waals surface area contributed by atoms with Crippen LogP contribution in [-0.4, -0.2) is 41.7 Å². The summed E-state index contributed by atoms with van der Waals surface area (Å²) in [5.74, 6) is -0.950. The van der Waals surface area contributed by atoms with Gasteiger partial charge in [0.05, 0.1) is 13.0 Å². The largest absolute Gasteiger partial charge is 0.481 e. The van der Waals surface area contributed by atoms with Gasteiger partial charge in [0.15, 0.2) is 0 Å². The molecule has 0 amide bonds. The summed E-state index contributed by atoms with van der Waals surface area (Å²) in [6.45, 7) is 2.52. The van der Waals surface area contributed by atoms with E-state index in [1.807, 2.05) is 11.8 Å². The average Bonchev–Trinajstić information content (AvgIpc) is 2.46. The molecule has 0 saturated carbocycles. The molecule has 6 heteroatoms. The minimum atomic E-state index is -0.759. The van der Waals surface area contributed by atoms with Crippen LogP contribution in [0.25, 0.3) is 0 Å². The molecule has 1 aromatic rings. The Morgan fingerprint density at radius 2 is 2.25 bits per heavy atom. The maximum atomic E-state index is 11.8. The van der Waals surface area contributed by atoms with Crippen molar-refractivity contribution in [1.82, 2.24) is 4.98 Å². The number of anilines is 1. The molecule has 1 aliphatic heterocycles. The number of hydrogen-bond acceptors (Lipinski definition) is 5. The Kier molecular flexibility index (Phi) is 4.22. The lowest BCUT2D eigenvalue weighted by atomic mass is 9.91. The van der Waals surface area contributed by atoms with E-state index in [9.17, 15) is 9.59 Å². The van der Waals surface area contributed by atoms with E-state index in [1.54, 1.807) is 18.3 Å². The highest BCUT2D eigenvalue weighted by molar-refractivity contribution is 5.94. The first-order valence-corrected chi connectivity index (χ1v) is 6.57. The van der Waals surface area contributed by atoms with Gasteiger partial charge in [0, 0.05) is 18.8 Å². The molecule has 0 aliphatic carbocycles. The summed E-state index contributed by atoms with van der Waals surface area (Å²) in [4.78, 5) is 29.1. The van der Waals surface area contributed by atoms with E-state index in [1.165, 1.54) is 7.11 Å². The van der Waals surface area contributed by atoms with Crippen molar-refractivity contribution in [2.75, 3.05) is 18.6 Å². The van der Waals surface area contributed by atoms with E-state index in [4.69, 9.17) is 9.84 Å². The molecule has 2 atom stereocenters. The first kappa shape index (κ1) is 14.3. The van der Waals surface area contributed by atoms with E-state index < -0.39 is 11.9 Å². The molecule has 1 fully saturated rings. The van der Waals surface area contributed by atoms with Crippen LogP contribution in [0.15, 0.2) is 18.3 Å². The second-order valence-electron chi connectivity index (χ2n) is 4.97. The number of ether oxygens (including phenoxy) is 1. The van der Waals surface area contributed by atoms with E-state index >= 15 is 0 Å². The fraction of sp³-hybridized carbons (Fsp3) is 0.500. The van der Waals surface area contributed by atoms with Crippen molar-refractivity contribution in [3.05, 3.63) is 23.9 Å². The predicted molar refractivity (Wildman–Crippen MR) is 72.7 cm³/mol. The third kappa shape index (κ3) is 2.74. The van der Waals surface area contributed by atoms with Crippen LogP contribution < -0.4 is 4.90 Å². The van der Waals surface area contributed by atoms with Gasteiger partial charge in [0.1, 0.15) is 11.4 Å². The minimum absolute atomic E-state index is 0.0168. The lowest BCUT2D eigenvalue weighted by Gasteiger charge is -2.37. The Morgan fingerprint density at radius 3 is 2.85 bits per heavy atom. The zero-order chi connectivity index (χ0) is 14.7. The van der Waals surface area contributed by atoms with Crippen LogP contribution in [0.2, 0.25) is 0 Å². The number of rotatable bonds is 3. The second-order valence-corrected chi connectivity index (χ2v) is 4.97. The second kappa shape index (κ2) is 5.90. The molecule has 0 spiro atoms. The molecule has 20 heavy (non-hydrogen) atoms. The van der Waals surface area contributed by atoms with Crippen molar-refractivity contribution in [2.45, 2.75) is 25.8 Å². The maximum absolute atomic E-state index is 11.8. The minimum Gasteiger partial charge on any atom is -0.481 e. The zero-order valence-corrected chi connectivity index (χ0v) is 11.6. The molecule has 2 heterocycles. The summed E-state index contributed by atoms with van der Waals surface area (Å²) in [7, 11) is 1.33. The van der Waals surface area contributed by atoms with Crippen LogP contribution in [0, 0.1) is 5.92 Å². The molecule has 0 bridgehead atoms. The van der Waals surface area contributed by atoms with Crippen molar-refractivity contribution >= 4 is 17.8 Å². The van der Waals surface area contributed by atoms with Crippen molar-refractivity contribution in [1.29, 1.82) is 0 Å². The number of piperidine rings is 1. The lowest BCUT2D eigenvalue weighted by molar-refractivity contribution is -0.142. The van der Waals surface area contributed by atoms with Gasteiger partial charge in [-0.3, -0.25) is 4.79 Å². The first-order valence-electron chi connectivity index (χ1n) is 6.57. The van der Waals surface area contributed by atoms with Crippen molar-refractivity contribution < 1.29 is 19.4 Å². The summed E-state index contributed by atoms with van der Waals surface area (Å²) < 4.78 is 4.76. The number of hydrogen-bond donors (Lipinski definition) is 1. The molecule has 1 aliphatic rings. The van der Waals surface area contributed by atoms with Crippen LogP contribution in [0.4, 0.5) is 5.82 Å². The number of esters is 1. The fourth-order valence-electron chi connectivity index (χ4n) is 2.61. The average molecular weight is 278 g/mol. The molecule has 1 N–H and O–H groups in total. The summed E-state index contributed by atoms with van der Waals surface area (Å²) in [6, 6.07) is 3.37. The molecule has 6 nitrogen and oxygen atoms in total. The van der Waals surface area contributed by atoms with Crippen molar-refractivity contribution in [2.24, 2.45) is 5.92 Å². The van der Waals surface area contributed by atoms with Crippen LogP contribution in [-0.2, 0) is 9.53 Å². The Bertz CT molecular complexity index is 518. The molecule has 1 aromatic heterocycles. The van der Waals surface area contributed by atoms with E-state index in [2.05, 4.69) is 4.98 Å². The fourth-order valence-corrected chi connectivity index (χ4v) is 2.61. The van der Waals surface area contributed by atoms with Crippen molar-refractivity contribution in [3.8, 4) is 0 Å². The smallest absolute Gasteiger partial charge is 0.341 e. The van der Waals surface area contributed by atoms with E-state index in [0.717, 1.165) is 0 Å². The summed E-state index contributed by atoms with van der Waals surface area (Å²) in [5.41, 5.74) is 0.413. The monoisotopic (exact) mass is 278 g/mol. The molecule has 0 aromatic carbocycles. The Balaban J connectivity index is 2.25. The number of methoxy groups -OCH3 is 1. The molecular formula is C14H18N2O4. The van der Waals surface area contributed by atoms with Crippen LogP contribution >= 0.6 is 0 Å². The molecule has 2 rings (SSSR count). The standard InChI is InChI=1S/C14H18N2O4/c1-9-8-10(13(17)18)5-7-16(9)12-11(14(19)20-2)4-3-6-15-12/h3-4,6,9-10H,5,7-8H2,1-2H3,(H,17,18). The highest BCUT2D eigenvalue weighted by Gasteiger charge is 2.32. The maximum Gasteiger partial charge on any atom is 0.341 e. The van der Waals surface area contributed by atoms with Gasteiger partial charge in [-0.1, -0.05) is 0 Å². The Hall–Kier alpha value is -2.11. The number of aromatic nitrogens is 1.